The molecule has 0 aromatic heterocycles. The van der Waals surface area contributed by atoms with Gasteiger partial charge >= 0.3 is 0 Å². The van der Waals surface area contributed by atoms with E-state index in [-0.39, 0.29) is 24.4 Å². The molecule has 0 radical (unpaired) electrons. The van der Waals surface area contributed by atoms with Crippen LogP contribution in [-0.4, -0.2) is 37.6 Å². The summed E-state index contributed by atoms with van der Waals surface area (Å²) in [7, 11) is -1.97. The number of benzene rings is 4. The van der Waals surface area contributed by atoms with Crippen LogP contribution in [0.1, 0.15) is 0 Å². The number of fused-ring (bicyclic) bond motifs is 1. The number of hydrogen-bond donors (Lipinski definition) is 0. The van der Waals surface area contributed by atoms with Crippen molar-refractivity contribution in [1.82, 2.24) is 0 Å². The fourth-order valence-corrected chi connectivity index (χ4v) is 8.43. The molecule has 6 heteroatoms. The SMILES string of the molecule is c1ccc(P(O[C@H]2CO[C@H]3[C@@H]2OC[C@H]3OP(c2ccccc2)c2ccccc2)c2ccccc2)cc1. The number of hydrogen-bond acceptors (Lipinski definition) is 4. The minimum atomic E-state index is -0.986. The summed E-state index contributed by atoms with van der Waals surface area (Å²) in [5, 5.41) is 4.74. The molecule has 4 aromatic rings. The van der Waals surface area contributed by atoms with E-state index >= 15 is 0 Å². The van der Waals surface area contributed by atoms with E-state index in [2.05, 4.69) is 97.1 Å². The largest absolute Gasteiger partial charge is 0.370 e. The van der Waals surface area contributed by atoms with Gasteiger partial charge in [-0.05, 0) is 0 Å². The lowest BCUT2D eigenvalue weighted by Crippen LogP contribution is -2.34. The van der Waals surface area contributed by atoms with Crippen molar-refractivity contribution < 1.29 is 18.5 Å². The lowest BCUT2D eigenvalue weighted by atomic mass is 10.1. The van der Waals surface area contributed by atoms with Crippen molar-refractivity contribution in [3.05, 3.63) is 121 Å². The second-order valence-corrected chi connectivity index (χ2v) is 12.5. The lowest BCUT2D eigenvalue weighted by molar-refractivity contribution is 0.0266. The molecule has 0 spiro atoms. The average Bonchev–Trinajstić information content (AvgIpc) is 3.55. The van der Waals surface area contributed by atoms with Gasteiger partial charge in [-0.2, -0.15) is 0 Å². The van der Waals surface area contributed by atoms with Gasteiger partial charge in [-0.25, -0.2) is 0 Å². The Morgan fingerprint density at radius 3 is 1.00 bits per heavy atom. The van der Waals surface area contributed by atoms with Gasteiger partial charge in [-0.15, -0.1) is 0 Å². The Morgan fingerprint density at radius 2 is 0.722 bits per heavy atom. The monoisotopic (exact) mass is 514 g/mol. The van der Waals surface area contributed by atoms with E-state index in [9.17, 15) is 0 Å². The number of ether oxygens (including phenoxy) is 2. The lowest BCUT2D eigenvalue weighted by Gasteiger charge is -2.25. The highest BCUT2D eigenvalue weighted by molar-refractivity contribution is 7.68. The molecule has 2 heterocycles. The van der Waals surface area contributed by atoms with Crippen LogP contribution in [0.4, 0.5) is 0 Å². The van der Waals surface area contributed by atoms with Crippen LogP contribution in [-0.2, 0) is 18.5 Å². The molecule has 4 aromatic carbocycles. The highest BCUT2D eigenvalue weighted by Crippen LogP contribution is 2.44. The zero-order valence-corrected chi connectivity index (χ0v) is 21.6. The molecular formula is C30H28O4P2. The van der Waals surface area contributed by atoms with Crippen LogP contribution in [0.15, 0.2) is 121 Å². The van der Waals surface area contributed by atoms with Crippen LogP contribution in [0.2, 0.25) is 0 Å². The van der Waals surface area contributed by atoms with Gasteiger partial charge in [0.25, 0.3) is 0 Å². The van der Waals surface area contributed by atoms with Crippen LogP contribution in [0.3, 0.4) is 0 Å². The van der Waals surface area contributed by atoms with Gasteiger partial charge in [0, 0.05) is 21.2 Å². The molecule has 0 saturated carbocycles. The van der Waals surface area contributed by atoms with Crippen molar-refractivity contribution in [3.63, 3.8) is 0 Å². The maximum atomic E-state index is 6.78. The Morgan fingerprint density at radius 1 is 0.444 bits per heavy atom. The summed E-state index contributed by atoms with van der Waals surface area (Å²) < 4.78 is 26.2. The molecule has 0 amide bonds. The van der Waals surface area contributed by atoms with Gasteiger partial charge < -0.3 is 18.5 Å². The zero-order chi connectivity index (χ0) is 24.2. The van der Waals surface area contributed by atoms with E-state index in [1.807, 2.05) is 24.3 Å². The molecule has 182 valence electrons. The Balaban J connectivity index is 1.20. The molecule has 6 rings (SSSR count). The van der Waals surface area contributed by atoms with Crippen LogP contribution < -0.4 is 21.2 Å². The van der Waals surface area contributed by atoms with Gasteiger partial charge in [0.05, 0.1) is 29.5 Å². The molecule has 4 atom stereocenters. The van der Waals surface area contributed by atoms with E-state index < -0.39 is 16.3 Å². The molecular weight excluding hydrogens is 486 g/mol. The maximum absolute atomic E-state index is 6.78. The van der Waals surface area contributed by atoms with E-state index in [0.717, 1.165) is 0 Å². The van der Waals surface area contributed by atoms with Crippen LogP contribution in [0.25, 0.3) is 0 Å². The third-order valence-electron chi connectivity index (χ3n) is 6.41. The van der Waals surface area contributed by atoms with Crippen molar-refractivity contribution in [1.29, 1.82) is 0 Å². The maximum Gasteiger partial charge on any atom is 0.115 e. The molecule has 36 heavy (non-hydrogen) atoms. The zero-order valence-electron chi connectivity index (χ0n) is 19.8. The van der Waals surface area contributed by atoms with Crippen molar-refractivity contribution in [2.24, 2.45) is 0 Å². The minimum Gasteiger partial charge on any atom is -0.370 e. The number of rotatable bonds is 8. The third-order valence-corrected chi connectivity index (χ3v) is 10.4. The van der Waals surface area contributed by atoms with E-state index in [1.54, 1.807) is 0 Å². The van der Waals surface area contributed by atoms with Crippen molar-refractivity contribution >= 4 is 37.5 Å². The first-order valence-corrected chi connectivity index (χ1v) is 14.8. The highest BCUT2D eigenvalue weighted by atomic mass is 31.1. The van der Waals surface area contributed by atoms with Gasteiger partial charge in [0.1, 0.15) is 24.4 Å². The molecule has 2 saturated heterocycles. The van der Waals surface area contributed by atoms with Crippen molar-refractivity contribution in [2.45, 2.75) is 24.4 Å². The minimum absolute atomic E-state index is 0.143. The second-order valence-electron chi connectivity index (χ2n) is 8.81. The first-order chi connectivity index (χ1) is 17.9. The fourth-order valence-electron chi connectivity index (χ4n) is 4.68. The van der Waals surface area contributed by atoms with Crippen LogP contribution >= 0.6 is 16.3 Å². The normalized spacial score (nSPS) is 23.3. The second kappa shape index (κ2) is 11.3. The molecule has 2 aliphatic rings. The quantitative estimate of drug-likeness (QED) is 0.321. The third kappa shape index (κ3) is 5.17. The summed E-state index contributed by atoms with van der Waals surface area (Å²) in [6.45, 7) is 1.00. The Labute approximate surface area is 214 Å². The van der Waals surface area contributed by atoms with Gasteiger partial charge in [0.2, 0.25) is 0 Å². The Bertz CT molecular complexity index is 1050. The molecule has 2 aliphatic heterocycles. The molecule has 0 bridgehead atoms. The molecule has 0 unspecified atom stereocenters. The van der Waals surface area contributed by atoms with E-state index in [1.165, 1.54) is 21.2 Å². The van der Waals surface area contributed by atoms with E-state index in [4.69, 9.17) is 18.5 Å². The fraction of sp³-hybridized carbons (Fsp3) is 0.200. The smallest absolute Gasteiger partial charge is 0.115 e. The first-order valence-electron chi connectivity index (χ1n) is 12.2. The molecule has 4 nitrogen and oxygen atoms in total. The van der Waals surface area contributed by atoms with Crippen molar-refractivity contribution in [2.75, 3.05) is 13.2 Å². The highest BCUT2D eigenvalue weighted by Gasteiger charge is 2.50. The van der Waals surface area contributed by atoms with Crippen LogP contribution in [0, 0.1) is 0 Å². The summed E-state index contributed by atoms with van der Waals surface area (Å²) in [6.07, 6.45) is -0.573. The van der Waals surface area contributed by atoms with Crippen molar-refractivity contribution in [3.8, 4) is 0 Å². The Hall–Kier alpha value is -2.42. The standard InChI is InChI=1S/C30H28O4P2/c1-5-13-23(14-6-1)35(24-15-7-2-8-16-24)33-27-21-31-30-28(22-32-29(27)30)34-36(25-17-9-3-10-18-25)26-19-11-4-12-20-26/h1-20,27-30H,21-22H2/t27-,28+,29-,30-/m1/s1. The van der Waals surface area contributed by atoms with Gasteiger partial charge in [-0.1, -0.05) is 121 Å². The summed E-state index contributed by atoms with van der Waals surface area (Å²) in [5.41, 5.74) is 0. The Kier molecular flexibility index (Phi) is 7.53. The summed E-state index contributed by atoms with van der Waals surface area (Å²) in [5.74, 6) is 0. The molecule has 2 fully saturated rings. The average molecular weight is 514 g/mol. The predicted molar refractivity (Wildman–Crippen MR) is 147 cm³/mol. The van der Waals surface area contributed by atoms with E-state index in [0.29, 0.717) is 13.2 Å². The van der Waals surface area contributed by atoms with Gasteiger partial charge in [0.15, 0.2) is 0 Å². The molecule has 0 aliphatic carbocycles. The summed E-state index contributed by atoms with van der Waals surface area (Å²) >= 11 is 0. The van der Waals surface area contributed by atoms with Crippen LogP contribution in [0.5, 0.6) is 0 Å². The summed E-state index contributed by atoms with van der Waals surface area (Å²) in [6, 6.07) is 41.8. The topological polar surface area (TPSA) is 36.9 Å². The first kappa shape index (κ1) is 23.9. The molecule has 0 N–H and O–H groups in total. The van der Waals surface area contributed by atoms with Gasteiger partial charge in [-0.3, -0.25) is 0 Å². The predicted octanol–water partition coefficient (Wildman–Crippen LogP) is 4.65. The summed E-state index contributed by atoms with van der Waals surface area (Å²) in [4.78, 5) is 0.